The Labute approximate surface area is 138 Å². The van der Waals surface area contributed by atoms with Gasteiger partial charge in [-0.1, -0.05) is 0 Å². The van der Waals surface area contributed by atoms with Crippen LogP contribution in [0.15, 0.2) is 36.7 Å². The summed E-state index contributed by atoms with van der Waals surface area (Å²) in [6.07, 6.45) is 3.43. The highest BCUT2D eigenvalue weighted by Gasteiger charge is 2.16. The molecule has 3 rings (SSSR count). The van der Waals surface area contributed by atoms with Crippen LogP contribution >= 0.6 is 11.3 Å². The summed E-state index contributed by atoms with van der Waals surface area (Å²) < 4.78 is 13.1. The highest BCUT2D eigenvalue weighted by atomic mass is 32.1. The fraction of sp³-hybridized carbons (Fsp3) is 0.235. The number of aryl methyl sites for hydroxylation is 2. The minimum atomic E-state index is -0.240. The highest BCUT2D eigenvalue weighted by Crippen LogP contribution is 2.33. The smallest absolute Gasteiger partial charge is 0.145 e. The molecule has 2 aromatic heterocycles. The quantitative estimate of drug-likeness (QED) is 0.764. The zero-order valence-electron chi connectivity index (χ0n) is 13.2. The maximum Gasteiger partial charge on any atom is 0.145 e. The van der Waals surface area contributed by atoms with Crippen molar-refractivity contribution < 1.29 is 4.39 Å². The van der Waals surface area contributed by atoms with Gasteiger partial charge in [0.25, 0.3) is 0 Å². The van der Waals surface area contributed by atoms with Crippen molar-refractivity contribution in [2.24, 2.45) is 0 Å². The number of nitrogens with zero attached hydrogens (tertiary/aromatic N) is 3. The fourth-order valence-electron chi connectivity index (χ4n) is 2.35. The van der Waals surface area contributed by atoms with Crippen LogP contribution in [0.2, 0.25) is 0 Å². The van der Waals surface area contributed by atoms with Crippen molar-refractivity contribution in [3.63, 3.8) is 0 Å². The minimum absolute atomic E-state index is 0.0674. The molecule has 0 bridgehead atoms. The second-order valence-electron chi connectivity index (χ2n) is 5.39. The van der Waals surface area contributed by atoms with E-state index in [0.29, 0.717) is 0 Å². The first-order chi connectivity index (χ1) is 11.0. The molecule has 1 unspecified atom stereocenters. The molecule has 0 saturated carbocycles. The number of hydrogen-bond donors (Lipinski definition) is 1. The van der Waals surface area contributed by atoms with Gasteiger partial charge in [0, 0.05) is 16.6 Å². The Morgan fingerprint density at radius 1 is 1.09 bits per heavy atom. The van der Waals surface area contributed by atoms with Gasteiger partial charge in [0.2, 0.25) is 0 Å². The molecule has 3 aromatic rings. The zero-order chi connectivity index (χ0) is 16.4. The molecule has 118 valence electrons. The third-order valence-electron chi connectivity index (χ3n) is 3.44. The van der Waals surface area contributed by atoms with E-state index in [4.69, 9.17) is 0 Å². The Morgan fingerprint density at radius 2 is 1.83 bits per heavy atom. The first-order valence-electron chi connectivity index (χ1n) is 7.31. The van der Waals surface area contributed by atoms with Gasteiger partial charge in [0.15, 0.2) is 0 Å². The molecule has 1 aromatic carbocycles. The van der Waals surface area contributed by atoms with Crippen LogP contribution in [0.25, 0.3) is 10.6 Å². The number of rotatable bonds is 4. The summed E-state index contributed by atoms with van der Waals surface area (Å²) in [6.45, 7) is 5.96. The van der Waals surface area contributed by atoms with Crippen molar-refractivity contribution in [1.29, 1.82) is 0 Å². The van der Waals surface area contributed by atoms with Crippen LogP contribution < -0.4 is 5.32 Å². The molecule has 0 radical (unpaired) electrons. The second kappa shape index (κ2) is 6.42. The van der Waals surface area contributed by atoms with E-state index in [2.05, 4.69) is 27.2 Å². The molecule has 4 nitrogen and oxygen atoms in total. The van der Waals surface area contributed by atoms with Crippen molar-refractivity contribution in [2.45, 2.75) is 26.8 Å². The van der Waals surface area contributed by atoms with Gasteiger partial charge >= 0.3 is 0 Å². The van der Waals surface area contributed by atoms with Gasteiger partial charge in [0.1, 0.15) is 16.6 Å². The van der Waals surface area contributed by atoms with E-state index in [0.717, 1.165) is 32.7 Å². The largest absolute Gasteiger partial charge is 0.361 e. The Balaban J connectivity index is 1.84. The van der Waals surface area contributed by atoms with Crippen LogP contribution in [0.5, 0.6) is 0 Å². The van der Waals surface area contributed by atoms with Gasteiger partial charge in [-0.05, 0) is 45.0 Å². The molecule has 0 aliphatic heterocycles. The summed E-state index contributed by atoms with van der Waals surface area (Å²) in [7, 11) is 0. The van der Waals surface area contributed by atoms with E-state index >= 15 is 0 Å². The molecular formula is C17H17FN4S. The van der Waals surface area contributed by atoms with E-state index in [9.17, 15) is 4.39 Å². The lowest BCUT2D eigenvalue weighted by molar-refractivity contribution is 0.628. The molecule has 0 amide bonds. The van der Waals surface area contributed by atoms with Gasteiger partial charge in [0.05, 0.1) is 23.6 Å². The van der Waals surface area contributed by atoms with Gasteiger partial charge in [-0.2, -0.15) is 0 Å². The maximum absolute atomic E-state index is 13.1. The predicted molar refractivity (Wildman–Crippen MR) is 91.1 cm³/mol. The maximum atomic E-state index is 13.1. The van der Waals surface area contributed by atoms with Crippen molar-refractivity contribution in [1.82, 2.24) is 15.0 Å². The molecule has 0 aliphatic rings. The lowest BCUT2D eigenvalue weighted by atomic mass is 10.2. The third kappa shape index (κ3) is 3.53. The zero-order valence-corrected chi connectivity index (χ0v) is 14.0. The van der Waals surface area contributed by atoms with Crippen LogP contribution in [-0.4, -0.2) is 15.0 Å². The number of halogens is 1. The molecule has 23 heavy (non-hydrogen) atoms. The summed E-state index contributed by atoms with van der Waals surface area (Å²) in [4.78, 5) is 14.3. The second-order valence-corrected chi connectivity index (χ2v) is 6.42. The van der Waals surface area contributed by atoms with E-state index in [1.165, 1.54) is 12.1 Å². The molecule has 2 heterocycles. The minimum Gasteiger partial charge on any atom is -0.361 e. The Bertz CT molecular complexity index is 814. The lowest BCUT2D eigenvalue weighted by Crippen LogP contribution is -2.08. The van der Waals surface area contributed by atoms with Crippen molar-refractivity contribution >= 4 is 17.2 Å². The van der Waals surface area contributed by atoms with Crippen LogP contribution in [0.3, 0.4) is 0 Å². The standard InChI is InChI=1S/C17H17FN4S/c1-10-8-19-9-15(20-10)21-11(2)16-12(3)22-17(23-16)13-4-6-14(18)7-5-13/h4-9,11H,1-3H3,(H,20,21). The highest BCUT2D eigenvalue weighted by molar-refractivity contribution is 7.15. The lowest BCUT2D eigenvalue weighted by Gasteiger charge is -2.13. The van der Waals surface area contributed by atoms with Crippen molar-refractivity contribution in [3.8, 4) is 10.6 Å². The summed E-state index contributed by atoms with van der Waals surface area (Å²) in [5.74, 6) is 0.504. The van der Waals surface area contributed by atoms with Crippen molar-refractivity contribution in [3.05, 3.63) is 58.7 Å². The first kappa shape index (κ1) is 15.6. The Morgan fingerprint density at radius 3 is 2.52 bits per heavy atom. The van der Waals surface area contributed by atoms with Gasteiger partial charge in [-0.3, -0.25) is 4.98 Å². The summed E-state index contributed by atoms with van der Waals surface area (Å²) in [6, 6.07) is 6.48. The van der Waals surface area contributed by atoms with E-state index < -0.39 is 0 Å². The Hall–Kier alpha value is -2.34. The first-order valence-corrected chi connectivity index (χ1v) is 8.13. The molecule has 1 atom stereocenters. The SMILES string of the molecule is Cc1cncc(NC(C)c2sc(-c3ccc(F)cc3)nc2C)n1. The summed E-state index contributed by atoms with van der Waals surface area (Å²) in [5, 5.41) is 4.24. The van der Waals surface area contributed by atoms with Crippen LogP contribution in [0.4, 0.5) is 10.2 Å². The molecule has 1 N–H and O–H groups in total. The molecule has 6 heteroatoms. The van der Waals surface area contributed by atoms with E-state index in [-0.39, 0.29) is 11.9 Å². The summed E-state index contributed by atoms with van der Waals surface area (Å²) >= 11 is 1.61. The van der Waals surface area contributed by atoms with Gasteiger partial charge in [-0.15, -0.1) is 11.3 Å². The topological polar surface area (TPSA) is 50.7 Å². The average molecular weight is 328 g/mol. The van der Waals surface area contributed by atoms with Gasteiger partial charge < -0.3 is 5.32 Å². The predicted octanol–water partition coefficient (Wildman–Crippen LogP) is 4.53. The molecule has 0 saturated heterocycles. The van der Waals surface area contributed by atoms with E-state index in [1.807, 2.05) is 13.8 Å². The number of anilines is 1. The van der Waals surface area contributed by atoms with Crippen LogP contribution in [0.1, 0.15) is 29.2 Å². The van der Waals surface area contributed by atoms with Gasteiger partial charge in [-0.25, -0.2) is 14.4 Å². The van der Waals surface area contributed by atoms with Crippen LogP contribution in [-0.2, 0) is 0 Å². The number of nitrogens with one attached hydrogen (secondary N) is 1. The number of hydrogen-bond acceptors (Lipinski definition) is 5. The third-order valence-corrected chi connectivity index (χ3v) is 4.83. The van der Waals surface area contributed by atoms with Crippen LogP contribution in [0, 0.1) is 19.7 Å². The molecule has 0 spiro atoms. The van der Waals surface area contributed by atoms with E-state index in [1.54, 1.807) is 35.9 Å². The molecule has 0 fully saturated rings. The number of thiazole rings is 1. The Kier molecular flexibility index (Phi) is 4.34. The number of benzene rings is 1. The average Bonchev–Trinajstić information content (AvgIpc) is 2.90. The monoisotopic (exact) mass is 328 g/mol. The summed E-state index contributed by atoms with van der Waals surface area (Å²) in [5.41, 5.74) is 2.76. The number of aromatic nitrogens is 3. The normalized spacial score (nSPS) is 12.2. The molecule has 0 aliphatic carbocycles. The fourth-order valence-corrected chi connectivity index (χ4v) is 3.42. The van der Waals surface area contributed by atoms with Crippen molar-refractivity contribution in [2.75, 3.05) is 5.32 Å². The molecular weight excluding hydrogens is 311 g/mol.